The molecule has 6 heteroatoms. The highest BCUT2D eigenvalue weighted by atomic mass is 32.2. The summed E-state index contributed by atoms with van der Waals surface area (Å²) in [5.41, 5.74) is 0.562. The van der Waals surface area contributed by atoms with Crippen LogP contribution in [0.1, 0.15) is 12.8 Å². The summed E-state index contributed by atoms with van der Waals surface area (Å²) in [5.74, 6) is 0.727. The molecular weight excluding hydrogens is 226 g/mol. The van der Waals surface area contributed by atoms with Crippen molar-refractivity contribution in [2.75, 3.05) is 29.0 Å². The number of sulfonamides is 1. The van der Waals surface area contributed by atoms with Crippen molar-refractivity contribution in [2.45, 2.75) is 12.8 Å². The molecule has 1 saturated heterocycles. The Morgan fingerprint density at radius 3 is 2.69 bits per heavy atom. The molecule has 1 aliphatic rings. The van der Waals surface area contributed by atoms with Crippen LogP contribution in [0.15, 0.2) is 18.3 Å². The fourth-order valence-electron chi connectivity index (χ4n) is 1.86. The lowest BCUT2D eigenvalue weighted by atomic mass is 10.4. The maximum Gasteiger partial charge on any atom is 0.229 e. The van der Waals surface area contributed by atoms with E-state index in [2.05, 4.69) is 14.6 Å². The Kier molecular flexibility index (Phi) is 3.00. The van der Waals surface area contributed by atoms with Crippen LogP contribution in [0, 0.1) is 0 Å². The van der Waals surface area contributed by atoms with Gasteiger partial charge in [0.25, 0.3) is 0 Å². The van der Waals surface area contributed by atoms with Crippen molar-refractivity contribution in [1.82, 2.24) is 4.98 Å². The number of hydrogen-bond acceptors (Lipinski definition) is 4. The van der Waals surface area contributed by atoms with Gasteiger partial charge in [-0.1, -0.05) is 0 Å². The van der Waals surface area contributed by atoms with E-state index in [9.17, 15) is 8.42 Å². The van der Waals surface area contributed by atoms with Gasteiger partial charge in [-0.15, -0.1) is 0 Å². The molecule has 0 atom stereocenters. The van der Waals surface area contributed by atoms with Crippen LogP contribution < -0.4 is 9.62 Å². The monoisotopic (exact) mass is 241 g/mol. The predicted molar refractivity (Wildman–Crippen MR) is 64.2 cm³/mol. The fourth-order valence-corrected chi connectivity index (χ4v) is 2.42. The lowest BCUT2D eigenvalue weighted by Gasteiger charge is -2.19. The summed E-state index contributed by atoms with van der Waals surface area (Å²) >= 11 is 0. The van der Waals surface area contributed by atoms with E-state index in [1.54, 1.807) is 18.3 Å². The maximum absolute atomic E-state index is 11.2. The van der Waals surface area contributed by atoms with Crippen molar-refractivity contribution in [1.29, 1.82) is 0 Å². The number of aromatic nitrogens is 1. The zero-order valence-electron chi connectivity index (χ0n) is 9.18. The van der Waals surface area contributed by atoms with Crippen molar-refractivity contribution < 1.29 is 8.42 Å². The molecular formula is C10H15N3O2S. The van der Waals surface area contributed by atoms with Crippen molar-refractivity contribution in [3.05, 3.63) is 18.3 Å². The molecule has 0 saturated carbocycles. The molecule has 1 aromatic rings. The van der Waals surface area contributed by atoms with Crippen LogP contribution in [0.5, 0.6) is 0 Å². The lowest BCUT2D eigenvalue weighted by Crippen LogP contribution is -2.21. The van der Waals surface area contributed by atoms with Gasteiger partial charge in [-0.2, -0.15) is 0 Å². The molecule has 16 heavy (non-hydrogen) atoms. The third kappa shape index (κ3) is 2.63. The highest BCUT2D eigenvalue weighted by molar-refractivity contribution is 7.92. The second-order valence-corrected chi connectivity index (χ2v) is 5.69. The number of pyridine rings is 1. The van der Waals surface area contributed by atoms with Crippen LogP contribution in [0.2, 0.25) is 0 Å². The lowest BCUT2D eigenvalue weighted by molar-refractivity contribution is 0.607. The first-order valence-electron chi connectivity index (χ1n) is 5.24. The van der Waals surface area contributed by atoms with E-state index in [-0.39, 0.29) is 0 Å². The molecule has 1 N–H and O–H groups in total. The molecule has 1 aromatic heterocycles. The first-order chi connectivity index (χ1) is 7.56. The molecule has 0 unspecified atom stereocenters. The van der Waals surface area contributed by atoms with Gasteiger partial charge in [0.2, 0.25) is 10.0 Å². The van der Waals surface area contributed by atoms with Gasteiger partial charge >= 0.3 is 0 Å². The van der Waals surface area contributed by atoms with Gasteiger partial charge in [-0.25, -0.2) is 13.4 Å². The zero-order valence-corrected chi connectivity index (χ0v) is 10.00. The molecule has 5 nitrogen and oxygen atoms in total. The molecule has 0 aromatic carbocycles. The van der Waals surface area contributed by atoms with Crippen molar-refractivity contribution >= 4 is 21.5 Å². The van der Waals surface area contributed by atoms with Crippen LogP contribution in [-0.2, 0) is 10.0 Å². The highest BCUT2D eigenvalue weighted by Crippen LogP contribution is 2.26. The predicted octanol–water partition coefficient (Wildman–Crippen LogP) is 1.05. The average molecular weight is 241 g/mol. The minimum Gasteiger partial charge on any atom is -0.355 e. The topological polar surface area (TPSA) is 62.3 Å². The fraction of sp³-hybridized carbons (Fsp3) is 0.500. The van der Waals surface area contributed by atoms with E-state index in [4.69, 9.17) is 0 Å². The molecule has 2 heterocycles. The Bertz CT molecular complexity index is 467. The summed E-state index contributed by atoms with van der Waals surface area (Å²) in [7, 11) is -3.25. The molecule has 88 valence electrons. The van der Waals surface area contributed by atoms with Gasteiger partial charge in [0.1, 0.15) is 0 Å². The molecule has 1 fully saturated rings. The first-order valence-corrected chi connectivity index (χ1v) is 7.13. The van der Waals surface area contributed by atoms with E-state index in [0.29, 0.717) is 5.69 Å². The van der Waals surface area contributed by atoms with Crippen LogP contribution >= 0.6 is 0 Å². The molecule has 1 aliphatic heterocycles. The standard InChI is InChI=1S/C10H15N3O2S/c1-16(14,15)12-9-5-4-6-11-10(9)13-7-2-3-8-13/h4-6,12H,2-3,7-8H2,1H3. The van der Waals surface area contributed by atoms with Crippen LogP contribution in [0.3, 0.4) is 0 Å². The number of nitrogens with zero attached hydrogens (tertiary/aromatic N) is 2. The highest BCUT2D eigenvalue weighted by Gasteiger charge is 2.17. The third-order valence-electron chi connectivity index (χ3n) is 2.49. The van der Waals surface area contributed by atoms with Crippen LogP contribution in [0.4, 0.5) is 11.5 Å². The number of rotatable bonds is 3. The van der Waals surface area contributed by atoms with E-state index < -0.39 is 10.0 Å². The number of hydrogen-bond donors (Lipinski definition) is 1. The van der Waals surface area contributed by atoms with Crippen molar-refractivity contribution in [2.24, 2.45) is 0 Å². The molecule has 2 rings (SSSR count). The maximum atomic E-state index is 11.2. The number of anilines is 2. The molecule has 0 spiro atoms. The Morgan fingerprint density at radius 1 is 1.38 bits per heavy atom. The Balaban J connectivity index is 2.30. The summed E-state index contributed by atoms with van der Waals surface area (Å²) in [6, 6.07) is 3.47. The Morgan fingerprint density at radius 2 is 2.06 bits per heavy atom. The normalized spacial score (nSPS) is 16.4. The van der Waals surface area contributed by atoms with Gasteiger partial charge in [-0.3, -0.25) is 4.72 Å². The van der Waals surface area contributed by atoms with Gasteiger partial charge in [0.15, 0.2) is 5.82 Å². The van der Waals surface area contributed by atoms with Gasteiger partial charge < -0.3 is 4.90 Å². The minimum absolute atomic E-state index is 0.562. The van der Waals surface area contributed by atoms with Crippen molar-refractivity contribution in [3.63, 3.8) is 0 Å². The third-order valence-corrected chi connectivity index (χ3v) is 3.08. The summed E-state index contributed by atoms with van der Waals surface area (Å²) < 4.78 is 24.9. The first kappa shape index (κ1) is 11.2. The molecule has 0 bridgehead atoms. The van der Waals surface area contributed by atoms with E-state index in [1.807, 2.05) is 0 Å². The largest absolute Gasteiger partial charge is 0.355 e. The second-order valence-electron chi connectivity index (χ2n) is 3.94. The SMILES string of the molecule is CS(=O)(=O)Nc1cccnc1N1CCCC1. The minimum atomic E-state index is -3.25. The Hall–Kier alpha value is -1.30. The van der Waals surface area contributed by atoms with Gasteiger partial charge in [0.05, 0.1) is 11.9 Å². The summed E-state index contributed by atoms with van der Waals surface area (Å²) in [5, 5.41) is 0. The molecule has 0 amide bonds. The van der Waals surface area contributed by atoms with Crippen LogP contribution in [-0.4, -0.2) is 32.7 Å². The van der Waals surface area contributed by atoms with Crippen LogP contribution in [0.25, 0.3) is 0 Å². The van der Waals surface area contributed by atoms with E-state index in [0.717, 1.165) is 38.0 Å². The summed E-state index contributed by atoms with van der Waals surface area (Å²) in [6.07, 6.45) is 5.10. The quantitative estimate of drug-likeness (QED) is 0.859. The zero-order chi connectivity index (χ0) is 11.6. The number of nitrogens with one attached hydrogen (secondary N) is 1. The molecule has 0 radical (unpaired) electrons. The van der Waals surface area contributed by atoms with Gasteiger partial charge in [-0.05, 0) is 25.0 Å². The van der Waals surface area contributed by atoms with Crippen molar-refractivity contribution in [3.8, 4) is 0 Å². The molecule has 0 aliphatic carbocycles. The van der Waals surface area contributed by atoms with E-state index >= 15 is 0 Å². The summed E-state index contributed by atoms with van der Waals surface area (Å²) in [6.45, 7) is 1.88. The second kappa shape index (κ2) is 4.29. The smallest absolute Gasteiger partial charge is 0.229 e. The Labute approximate surface area is 95.5 Å². The summed E-state index contributed by atoms with van der Waals surface area (Å²) in [4.78, 5) is 6.35. The van der Waals surface area contributed by atoms with E-state index in [1.165, 1.54) is 0 Å². The average Bonchev–Trinajstić information content (AvgIpc) is 2.69. The van der Waals surface area contributed by atoms with Gasteiger partial charge in [0, 0.05) is 19.3 Å².